The number of nitrogens with zero attached hydrogens (tertiary/aromatic N) is 1. The van der Waals surface area contributed by atoms with E-state index in [1.165, 1.54) is 12.0 Å². The first-order valence-corrected chi connectivity index (χ1v) is 8.07. The van der Waals surface area contributed by atoms with E-state index in [0.717, 1.165) is 35.6 Å². The summed E-state index contributed by atoms with van der Waals surface area (Å²) >= 11 is 1.74. The smallest absolute Gasteiger partial charge is 0.314 e. The quantitative estimate of drug-likeness (QED) is 0.826. The molecule has 0 radical (unpaired) electrons. The zero-order valence-corrected chi connectivity index (χ0v) is 12.2. The van der Waals surface area contributed by atoms with Crippen LogP contribution in [-0.4, -0.2) is 34.8 Å². The highest BCUT2D eigenvalue weighted by atomic mass is 32.2. The molecule has 0 aromatic carbocycles. The van der Waals surface area contributed by atoms with Gasteiger partial charge in [-0.15, -0.1) is 11.8 Å². The molecule has 3 heterocycles. The Labute approximate surface area is 121 Å². The number of hydrogen-bond donors (Lipinski definition) is 2. The topological polar surface area (TPSA) is 79.2 Å². The van der Waals surface area contributed by atoms with Gasteiger partial charge < -0.3 is 15.6 Å². The minimum Gasteiger partial charge on any atom is -0.351 e. The molecule has 0 spiro atoms. The average Bonchev–Trinajstić information content (AvgIpc) is 2.46. The number of urea groups is 1. The highest BCUT2D eigenvalue weighted by Gasteiger charge is 2.25. The van der Waals surface area contributed by atoms with Gasteiger partial charge in [0.15, 0.2) is 0 Å². The van der Waals surface area contributed by atoms with Crippen LogP contribution in [0.25, 0.3) is 0 Å². The number of amides is 2. The number of nitrogens with one attached hydrogen (secondary N) is 1. The molecule has 3 rings (SSSR count). The van der Waals surface area contributed by atoms with Crippen molar-refractivity contribution < 1.29 is 4.79 Å². The van der Waals surface area contributed by atoms with Crippen molar-refractivity contribution in [3.8, 4) is 0 Å². The first-order valence-electron chi connectivity index (χ1n) is 7.08. The van der Waals surface area contributed by atoms with Crippen molar-refractivity contribution in [2.45, 2.75) is 36.6 Å². The standard InChI is InChI=1S/C14H19N3O2S/c15-14(19)17-5-3-9(4-6-17)11-8-10-2-1-7-20-13(10)16-12(11)18/h8-9H,1-7H2,(H2,15,19)(H,16,18). The molecule has 20 heavy (non-hydrogen) atoms. The van der Waals surface area contributed by atoms with Gasteiger partial charge in [-0.25, -0.2) is 4.79 Å². The molecule has 0 bridgehead atoms. The number of carbonyl (C=O) groups is 1. The largest absolute Gasteiger partial charge is 0.351 e. The number of pyridine rings is 1. The maximum atomic E-state index is 12.2. The number of primary amides is 1. The minimum atomic E-state index is -0.362. The zero-order chi connectivity index (χ0) is 14.1. The molecule has 1 fully saturated rings. The summed E-state index contributed by atoms with van der Waals surface area (Å²) < 4.78 is 0. The van der Waals surface area contributed by atoms with Crippen molar-refractivity contribution in [3.05, 3.63) is 27.5 Å². The second-order valence-electron chi connectivity index (χ2n) is 5.46. The molecule has 2 aliphatic heterocycles. The molecule has 6 heteroatoms. The second kappa shape index (κ2) is 5.52. The normalized spacial score (nSPS) is 19.7. The summed E-state index contributed by atoms with van der Waals surface area (Å²) in [6.07, 6.45) is 3.85. The van der Waals surface area contributed by atoms with Crippen LogP contribution in [0.15, 0.2) is 15.9 Å². The average molecular weight is 293 g/mol. The number of aromatic amines is 1. The lowest BCUT2D eigenvalue weighted by Crippen LogP contribution is -2.41. The van der Waals surface area contributed by atoms with Crippen LogP contribution in [0.5, 0.6) is 0 Å². The van der Waals surface area contributed by atoms with Gasteiger partial charge in [0.2, 0.25) is 0 Å². The van der Waals surface area contributed by atoms with Crippen LogP contribution in [0, 0.1) is 0 Å². The van der Waals surface area contributed by atoms with Gasteiger partial charge in [0.1, 0.15) is 0 Å². The van der Waals surface area contributed by atoms with E-state index < -0.39 is 0 Å². The summed E-state index contributed by atoms with van der Waals surface area (Å²) in [4.78, 5) is 28.0. The Morgan fingerprint density at radius 1 is 1.40 bits per heavy atom. The zero-order valence-electron chi connectivity index (χ0n) is 11.4. The van der Waals surface area contributed by atoms with E-state index >= 15 is 0 Å². The highest BCUT2D eigenvalue weighted by molar-refractivity contribution is 7.99. The molecule has 2 aliphatic rings. The summed E-state index contributed by atoms with van der Waals surface area (Å²) in [7, 11) is 0. The van der Waals surface area contributed by atoms with Crippen LogP contribution in [0.2, 0.25) is 0 Å². The van der Waals surface area contributed by atoms with Crippen molar-refractivity contribution in [2.24, 2.45) is 5.73 Å². The molecule has 0 unspecified atom stereocenters. The van der Waals surface area contributed by atoms with Gasteiger partial charge in [-0.3, -0.25) is 4.79 Å². The third-order valence-electron chi connectivity index (χ3n) is 4.19. The molecule has 1 aromatic rings. The van der Waals surface area contributed by atoms with E-state index in [0.29, 0.717) is 13.1 Å². The number of carbonyl (C=O) groups excluding carboxylic acids is 1. The Kier molecular flexibility index (Phi) is 3.74. The molecule has 0 atom stereocenters. The molecule has 1 aromatic heterocycles. The predicted molar refractivity (Wildman–Crippen MR) is 79.2 cm³/mol. The Morgan fingerprint density at radius 2 is 2.15 bits per heavy atom. The van der Waals surface area contributed by atoms with Crippen molar-refractivity contribution in [1.82, 2.24) is 9.88 Å². The number of hydrogen-bond acceptors (Lipinski definition) is 3. The number of H-pyrrole nitrogens is 1. The number of piperidine rings is 1. The van der Waals surface area contributed by atoms with Crippen LogP contribution in [-0.2, 0) is 6.42 Å². The van der Waals surface area contributed by atoms with Gasteiger partial charge in [0.05, 0.1) is 5.03 Å². The highest BCUT2D eigenvalue weighted by Crippen LogP contribution is 2.31. The first kappa shape index (κ1) is 13.5. The predicted octanol–water partition coefficient (Wildman–Crippen LogP) is 1.67. The van der Waals surface area contributed by atoms with Gasteiger partial charge in [-0.05, 0) is 49.0 Å². The minimum absolute atomic E-state index is 0.0377. The molecule has 108 valence electrons. The molecular formula is C14H19N3O2S. The third-order valence-corrected chi connectivity index (χ3v) is 5.34. The Balaban J connectivity index is 1.81. The van der Waals surface area contributed by atoms with Crippen molar-refractivity contribution in [3.63, 3.8) is 0 Å². The molecule has 0 saturated carbocycles. The van der Waals surface area contributed by atoms with E-state index in [9.17, 15) is 9.59 Å². The number of likely N-dealkylation sites (tertiary alicyclic amines) is 1. The number of aryl methyl sites for hydroxylation is 1. The van der Waals surface area contributed by atoms with Crippen molar-refractivity contribution in [2.75, 3.05) is 18.8 Å². The molecule has 0 aliphatic carbocycles. The Bertz CT molecular complexity index is 576. The van der Waals surface area contributed by atoms with E-state index in [1.54, 1.807) is 16.7 Å². The number of rotatable bonds is 1. The number of nitrogens with two attached hydrogens (primary N) is 1. The van der Waals surface area contributed by atoms with E-state index in [2.05, 4.69) is 11.1 Å². The molecule has 1 saturated heterocycles. The SMILES string of the molecule is NC(=O)N1CCC(c2cc3c([nH]c2=O)SCCC3)CC1. The summed E-state index contributed by atoms with van der Waals surface area (Å²) in [5.74, 6) is 1.32. The third kappa shape index (κ3) is 2.57. The first-order chi connectivity index (χ1) is 9.65. The number of fused-ring (bicyclic) bond motifs is 1. The van der Waals surface area contributed by atoms with Crippen LogP contribution in [0.4, 0.5) is 4.79 Å². The van der Waals surface area contributed by atoms with Gasteiger partial charge >= 0.3 is 6.03 Å². The van der Waals surface area contributed by atoms with Gasteiger partial charge in [0.25, 0.3) is 5.56 Å². The summed E-state index contributed by atoms with van der Waals surface area (Å²) in [6.45, 7) is 1.29. The fraction of sp³-hybridized carbons (Fsp3) is 0.571. The number of aromatic nitrogens is 1. The van der Waals surface area contributed by atoms with Crippen LogP contribution < -0.4 is 11.3 Å². The summed E-state index contributed by atoms with van der Waals surface area (Å²) in [5, 5.41) is 1.04. The number of thioether (sulfide) groups is 1. The van der Waals surface area contributed by atoms with Crippen molar-refractivity contribution >= 4 is 17.8 Å². The lowest BCUT2D eigenvalue weighted by atomic mass is 9.89. The fourth-order valence-electron chi connectivity index (χ4n) is 3.04. The van der Waals surface area contributed by atoms with Crippen molar-refractivity contribution in [1.29, 1.82) is 0 Å². The Hall–Kier alpha value is -1.43. The van der Waals surface area contributed by atoms with Crippen LogP contribution in [0.1, 0.15) is 36.3 Å². The van der Waals surface area contributed by atoms with Crippen LogP contribution >= 0.6 is 11.8 Å². The maximum absolute atomic E-state index is 12.2. The second-order valence-corrected chi connectivity index (χ2v) is 6.56. The van der Waals surface area contributed by atoms with E-state index in [1.807, 2.05) is 0 Å². The van der Waals surface area contributed by atoms with Gasteiger partial charge in [-0.1, -0.05) is 0 Å². The lowest BCUT2D eigenvalue weighted by Gasteiger charge is -2.31. The molecular weight excluding hydrogens is 274 g/mol. The molecule has 2 amide bonds. The van der Waals surface area contributed by atoms with Crippen LogP contribution in [0.3, 0.4) is 0 Å². The van der Waals surface area contributed by atoms with Gasteiger partial charge in [-0.2, -0.15) is 0 Å². The Morgan fingerprint density at radius 3 is 2.85 bits per heavy atom. The summed E-state index contributed by atoms with van der Waals surface area (Å²) in [5.41, 5.74) is 7.48. The summed E-state index contributed by atoms with van der Waals surface area (Å²) in [6, 6.07) is 1.73. The fourth-order valence-corrected chi connectivity index (χ4v) is 4.04. The van der Waals surface area contributed by atoms with Gasteiger partial charge in [0, 0.05) is 18.7 Å². The maximum Gasteiger partial charge on any atom is 0.314 e. The monoisotopic (exact) mass is 293 g/mol. The van der Waals surface area contributed by atoms with E-state index in [4.69, 9.17) is 5.73 Å². The molecule has 5 nitrogen and oxygen atoms in total. The molecule has 3 N–H and O–H groups in total. The lowest BCUT2D eigenvalue weighted by molar-refractivity contribution is 0.190. The van der Waals surface area contributed by atoms with E-state index in [-0.39, 0.29) is 17.5 Å².